The fourth-order valence-electron chi connectivity index (χ4n) is 2.30. The van der Waals surface area contributed by atoms with Crippen molar-refractivity contribution in [2.24, 2.45) is 5.73 Å². The van der Waals surface area contributed by atoms with Crippen molar-refractivity contribution in [3.05, 3.63) is 35.6 Å². The Balaban J connectivity index is 1.82. The maximum Gasteiger partial charge on any atom is 0.123 e. The van der Waals surface area contributed by atoms with Crippen molar-refractivity contribution in [3.63, 3.8) is 0 Å². The zero-order chi connectivity index (χ0) is 12.1. The minimum atomic E-state index is -0.216. The predicted octanol–water partition coefficient (Wildman–Crippen LogP) is 3.17. The molecule has 0 bridgehead atoms. The van der Waals surface area contributed by atoms with Crippen LogP contribution in [-0.2, 0) is 4.74 Å². The second-order valence-electron chi connectivity index (χ2n) is 4.73. The molecule has 2 N–H and O–H groups in total. The molecule has 1 aromatic carbocycles. The van der Waals surface area contributed by atoms with Crippen LogP contribution < -0.4 is 5.73 Å². The van der Waals surface area contributed by atoms with Crippen molar-refractivity contribution in [3.8, 4) is 0 Å². The van der Waals surface area contributed by atoms with Crippen LogP contribution in [0.3, 0.4) is 0 Å². The molecule has 2 rings (SSSR count). The zero-order valence-corrected chi connectivity index (χ0v) is 10.1. The van der Waals surface area contributed by atoms with Gasteiger partial charge >= 0.3 is 0 Å². The van der Waals surface area contributed by atoms with Gasteiger partial charge in [-0.15, -0.1) is 0 Å². The van der Waals surface area contributed by atoms with E-state index in [-0.39, 0.29) is 11.9 Å². The molecular weight excluding hydrogens is 217 g/mol. The van der Waals surface area contributed by atoms with E-state index in [0.717, 1.165) is 31.4 Å². The lowest BCUT2D eigenvalue weighted by Crippen LogP contribution is -2.21. The van der Waals surface area contributed by atoms with Crippen LogP contribution in [0.5, 0.6) is 0 Å². The van der Waals surface area contributed by atoms with Crippen LogP contribution in [-0.4, -0.2) is 12.7 Å². The Bertz CT molecular complexity index is 350. The first-order valence-electron chi connectivity index (χ1n) is 6.38. The van der Waals surface area contributed by atoms with Crippen LogP contribution in [0, 0.1) is 5.82 Å². The van der Waals surface area contributed by atoms with E-state index >= 15 is 0 Å². The number of benzene rings is 1. The van der Waals surface area contributed by atoms with Crippen molar-refractivity contribution in [2.45, 2.75) is 44.2 Å². The van der Waals surface area contributed by atoms with Crippen LogP contribution in [0.25, 0.3) is 0 Å². The summed E-state index contributed by atoms with van der Waals surface area (Å²) in [7, 11) is 0. The van der Waals surface area contributed by atoms with E-state index in [0.29, 0.717) is 6.10 Å². The molecule has 1 aliphatic heterocycles. The van der Waals surface area contributed by atoms with Gasteiger partial charge in [0.1, 0.15) is 5.82 Å². The van der Waals surface area contributed by atoms with Crippen LogP contribution in [0.1, 0.15) is 43.7 Å². The highest BCUT2D eigenvalue weighted by molar-refractivity contribution is 5.19. The van der Waals surface area contributed by atoms with Gasteiger partial charge in [-0.3, -0.25) is 0 Å². The summed E-state index contributed by atoms with van der Waals surface area (Å²) in [6.07, 6.45) is 5.73. The Morgan fingerprint density at radius 2 is 2.29 bits per heavy atom. The van der Waals surface area contributed by atoms with Gasteiger partial charge in [-0.05, 0) is 49.8 Å². The molecular formula is C14H20FNO. The molecule has 1 heterocycles. The molecule has 1 aliphatic rings. The first-order chi connectivity index (χ1) is 8.25. The molecule has 94 valence electrons. The lowest BCUT2D eigenvalue weighted by atomic mass is 9.98. The summed E-state index contributed by atoms with van der Waals surface area (Å²) in [5, 5.41) is 0. The Kier molecular flexibility index (Phi) is 4.51. The summed E-state index contributed by atoms with van der Waals surface area (Å²) in [6.45, 7) is 0.875. The van der Waals surface area contributed by atoms with Crippen molar-refractivity contribution < 1.29 is 9.13 Å². The van der Waals surface area contributed by atoms with E-state index in [2.05, 4.69) is 0 Å². The van der Waals surface area contributed by atoms with E-state index < -0.39 is 0 Å². The molecule has 3 heteroatoms. The van der Waals surface area contributed by atoms with Gasteiger partial charge in [0, 0.05) is 12.6 Å². The fourth-order valence-corrected chi connectivity index (χ4v) is 2.30. The van der Waals surface area contributed by atoms with E-state index in [1.807, 2.05) is 6.07 Å². The molecule has 0 aromatic heterocycles. The van der Waals surface area contributed by atoms with Gasteiger partial charge < -0.3 is 10.5 Å². The molecule has 2 nitrogen and oxygen atoms in total. The second kappa shape index (κ2) is 6.12. The minimum absolute atomic E-state index is 0.0868. The maximum atomic E-state index is 13.0. The Morgan fingerprint density at radius 3 is 3.00 bits per heavy atom. The highest BCUT2D eigenvalue weighted by Gasteiger charge is 2.15. The fraction of sp³-hybridized carbons (Fsp3) is 0.571. The van der Waals surface area contributed by atoms with E-state index in [1.54, 1.807) is 6.07 Å². The van der Waals surface area contributed by atoms with Crippen molar-refractivity contribution in [1.29, 1.82) is 0 Å². The number of ether oxygens (including phenoxy) is 1. The predicted molar refractivity (Wildman–Crippen MR) is 66.2 cm³/mol. The average Bonchev–Trinajstić information content (AvgIpc) is 2.37. The third kappa shape index (κ3) is 3.79. The molecule has 0 aliphatic carbocycles. The zero-order valence-electron chi connectivity index (χ0n) is 10.1. The monoisotopic (exact) mass is 237 g/mol. The van der Waals surface area contributed by atoms with Gasteiger partial charge in [-0.1, -0.05) is 12.1 Å². The van der Waals surface area contributed by atoms with Crippen molar-refractivity contribution in [2.75, 3.05) is 6.61 Å². The molecule has 0 saturated carbocycles. The van der Waals surface area contributed by atoms with Crippen LogP contribution in [0.4, 0.5) is 4.39 Å². The Hall–Kier alpha value is -0.930. The third-order valence-electron chi connectivity index (χ3n) is 3.35. The molecule has 0 radical (unpaired) electrons. The maximum absolute atomic E-state index is 13.0. The van der Waals surface area contributed by atoms with Crippen LogP contribution >= 0.6 is 0 Å². The Morgan fingerprint density at radius 1 is 1.41 bits per heavy atom. The first-order valence-corrected chi connectivity index (χ1v) is 6.38. The molecule has 0 spiro atoms. The lowest BCUT2D eigenvalue weighted by molar-refractivity contribution is 0.00912. The van der Waals surface area contributed by atoms with Crippen molar-refractivity contribution >= 4 is 0 Å². The summed E-state index contributed by atoms with van der Waals surface area (Å²) in [6, 6.07) is 6.47. The topological polar surface area (TPSA) is 35.2 Å². The van der Waals surface area contributed by atoms with Gasteiger partial charge in [-0.25, -0.2) is 4.39 Å². The number of halogens is 1. The molecule has 17 heavy (non-hydrogen) atoms. The van der Waals surface area contributed by atoms with Gasteiger partial charge in [0.15, 0.2) is 0 Å². The number of nitrogens with two attached hydrogens (primary N) is 1. The summed E-state index contributed by atoms with van der Waals surface area (Å²) in [4.78, 5) is 0. The summed E-state index contributed by atoms with van der Waals surface area (Å²) >= 11 is 0. The normalized spacial score (nSPS) is 22.4. The number of rotatable bonds is 4. The smallest absolute Gasteiger partial charge is 0.123 e. The van der Waals surface area contributed by atoms with Gasteiger partial charge in [0.05, 0.1) is 6.10 Å². The van der Waals surface area contributed by atoms with E-state index in [9.17, 15) is 4.39 Å². The quantitative estimate of drug-likeness (QED) is 0.873. The highest BCUT2D eigenvalue weighted by atomic mass is 19.1. The summed E-state index contributed by atoms with van der Waals surface area (Å²) in [5.74, 6) is -0.216. The molecule has 2 unspecified atom stereocenters. The highest BCUT2D eigenvalue weighted by Crippen LogP contribution is 2.22. The number of hydrogen-bond donors (Lipinski definition) is 1. The van der Waals surface area contributed by atoms with Crippen LogP contribution in [0.2, 0.25) is 0 Å². The van der Waals surface area contributed by atoms with Gasteiger partial charge in [0.2, 0.25) is 0 Å². The molecule has 1 saturated heterocycles. The Labute approximate surface area is 102 Å². The molecule has 2 atom stereocenters. The SMILES string of the molecule is NC(CCC1CCCCO1)c1cccc(F)c1. The third-order valence-corrected chi connectivity index (χ3v) is 3.35. The van der Waals surface area contributed by atoms with Gasteiger partial charge in [-0.2, -0.15) is 0 Å². The van der Waals surface area contributed by atoms with Gasteiger partial charge in [0.25, 0.3) is 0 Å². The minimum Gasteiger partial charge on any atom is -0.378 e. The molecule has 1 aromatic rings. The molecule has 0 amide bonds. The standard InChI is InChI=1S/C14H20FNO/c15-12-5-3-4-11(10-12)14(16)8-7-13-6-1-2-9-17-13/h3-5,10,13-14H,1-2,6-9,16H2. The number of hydrogen-bond acceptors (Lipinski definition) is 2. The van der Waals surface area contributed by atoms with Crippen molar-refractivity contribution in [1.82, 2.24) is 0 Å². The van der Waals surface area contributed by atoms with Crippen LogP contribution in [0.15, 0.2) is 24.3 Å². The first kappa shape index (κ1) is 12.5. The lowest BCUT2D eigenvalue weighted by Gasteiger charge is -2.23. The largest absolute Gasteiger partial charge is 0.378 e. The second-order valence-corrected chi connectivity index (χ2v) is 4.73. The molecule has 1 fully saturated rings. The van der Waals surface area contributed by atoms with E-state index in [1.165, 1.54) is 25.0 Å². The van der Waals surface area contributed by atoms with E-state index in [4.69, 9.17) is 10.5 Å². The summed E-state index contributed by atoms with van der Waals surface area (Å²) in [5.41, 5.74) is 6.93. The average molecular weight is 237 g/mol. The summed E-state index contributed by atoms with van der Waals surface area (Å²) < 4.78 is 18.7.